The van der Waals surface area contributed by atoms with Crippen molar-refractivity contribution in [2.45, 2.75) is 64.0 Å². The summed E-state index contributed by atoms with van der Waals surface area (Å²) in [4.78, 5) is 39.7. The number of Topliss-reactive ketones (excluding diaryl/α,β-unsaturated/α-hetero) is 1. The van der Waals surface area contributed by atoms with Crippen LogP contribution in [0.15, 0.2) is 5.10 Å². The minimum atomic E-state index is -0.946. The number of nitrogens with one attached hydrogen (secondary N) is 2. The Morgan fingerprint density at radius 2 is 1.93 bits per heavy atom. The van der Waals surface area contributed by atoms with Gasteiger partial charge < -0.3 is 15.0 Å². The molecule has 10 heteroatoms. The number of hydrazone groups is 1. The minimum Gasteiger partial charge on any atom is -0.379 e. The van der Waals surface area contributed by atoms with Gasteiger partial charge in [0.25, 0.3) is 0 Å². The fourth-order valence-corrected chi connectivity index (χ4v) is 4.32. The predicted molar refractivity (Wildman–Crippen MR) is 117 cm³/mol. The van der Waals surface area contributed by atoms with Crippen molar-refractivity contribution in [3.63, 3.8) is 0 Å². The summed E-state index contributed by atoms with van der Waals surface area (Å²) in [5.74, 6) is -0.892. The summed E-state index contributed by atoms with van der Waals surface area (Å²) in [6, 6.07) is -0.946. The number of ketones is 1. The number of thioether (sulfide) groups is 1. The van der Waals surface area contributed by atoms with Crippen LogP contribution in [0.1, 0.15) is 52.4 Å². The zero-order valence-electron chi connectivity index (χ0n) is 17.7. The lowest BCUT2D eigenvalue weighted by Gasteiger charge is -2.29. The number of carbonyl (C=O) groups is 3. The molecule has 0 bridgehead atoms. The smallest absolute Gasteiger partial charge is 0.309 e. The second kappa shape index (κ2) is 11.8. The molecule has 2 rings (SSSR count). The quantitative estimate of drug-likeness (QED) is 0.434. The summed E-state index contributed by atoms with van der Waals surface area (Å²) in [6.45, 7) is 4.49. The highest BCUT2D eigenvalue weighted by atomic mass is 35.5. The second-order valence-electron chi connectivity index (χ2n) is 8.03. The van der Waals surface area contributed by atoms with Crippen LogP contribution in [0.3, 0.4) is 0 Å². The monoisotopic (exact) mass is 448 g/mol. The van der Waals surface area contributed by atoms with Crippen molar-refractivity contribution < 1.29 is 19.1 Å². The van der Waals surface area contributed by atoms with Gasteiger partial charge in [0.1, 0.15) is 6.04 Å². The largest absolute Gasteiger partial charge is 0.379 e. The lowest BCUT2D eigenvalue weighted by molar-refractivity contribution is -0.141. The Bertz CT molecular complexity index is 623. The topological polar surface area (TPSA) is 100 Å². The van der Waals surface area contributed by atoms with Crippen LogP contribution in [0.25, 0.3) is 0 Å². The Labute approximate surface area is 183 Å². The van der Waals surface area contributed by atoms with Crippen molar-refractivity contribution in [1.29, 1.82) is 0 Å². The van der Waals surface area contributed by atoms with Gasteiger partial charge in [-0.25, -0.2) is 5.43 Å². The standard InChI is InChI=1S/C19H32N4O4S.ClH/c1-19(2,27-4)12-14(20-16(25)13-8-6-5-7-9-13)15(24)17(26)21-22-18-23(3)10-11-28-18;/h13-14H,5-12H2,1-4H3,(H,20,25)(H,21,26);1H/b22-18-;. The molecule has 2 amide bonds. The van der Waals surface area contributed by atoms with Crippen molar-refractivity contribution in [2.24, 2.45) is 11.0 Å². The molecule has 1 saturated carbocycles. The van der Waals surface area contributed by atoms with E-state index in [1.807, 2.05) is 25.8 Å². The summed E-state index contributed by atoms with van der Waals surface area (Å²) < 4.78 is 5.41. The SMILES string of the molecule is COC(C)(C)CC(NC(=O)C1CCCCC1)C(=O)C(=O)N/N=C1\SCCN1C.Cl. The lowest BCUT2D eigenvalue weighted by atomic mass is 9.87. The Kier molecular flexibility index (Phi) is 10.4. The number of carbonyl (C=O) groups excluding carboxylic acids is 3. The van der Waals surface area contributed by atoms with Gasteiger partial charge in [-0.15, -0.1) is 17.5 Å². The number of amides is 2. The maximum atomic E-state index is 12.8. The van der Waals surface area contributed by atoms with Gasteiger partial charge in [0.05, 0.1) is 5.60 Å². The Balaban J connectivity index is 0.00000420. The molecular formula is C19H33ClN4O4S. The Morgan fingerprint density at radius 3 is 2.48 bits per heavy atom. The van der Waals surface area contributed by atoms with E-state index in [0.29, 0.717) is 5.17 Å². The number of amidine groups is 1. The third-order valence-corrected chi connectivity index (χ3v) is 6.37. The molecule has 1 saturated heterocycles. The van der Waals surface area contributed by atoms with Crippen molar-refractivity contribution in [2.75, 3.05) is 26.5 Å². The van der Waals surface area contributed by atoms with Crippen molar-refractivity contribution in [3.8, 4) is 0 Å². The van der Waals surface area contributed by atoms with Crippen LogP contribution in [0.5, 0.6) is 0 Å². The second-order valence-corrected chi connectivity index (χ2v) is 9.10. The molecule has 1 unspecified atom stereocenters. The summed E-state index contributed by atoms with van der Waals surface area (Å²) in [5, 5.41) is 7.50. The summed E-state index contributed by atoms with van der Waals surface area (Å²) in [6.07, 6.45) is 5.03. The van der Waals surface area contributed by atoms with Crippen LogP contribution in [-0.4, -0.2) is 65.8 Å². The molecule has 0 aromatic rings. The van der Waals surface area contributed by atoms with Crippen LogP contribution in [0.4, 0.5) is 0 Å². The highest BCUT2D eigenvalue weighted by molar-refractivity contribution is 8.14. The highest BCUT2D eigenvalue weighted by Gasteiger charge is 2.34. The molecule has 2 aliphatic rings. The highest BCUT2D eigenvalue weighted by Crippen LogP contribution is 2.24. The number of halogens is 1. The van der Waals surface area contributed by atoms with Gasteiger partial charge in [-0.3, -0.25) is 14.4 Å². The van der Waals surface area contributed by atoms with Crippen LogP contribution in [0, 0.1) is 5.92 Å². The van der Waals surface area contributed by atoms with Gasteiger partial charge in [0.2, 0.25) is 11.7 Å². The van der Waals surface area contributed by atoms with E-state index in [2.05, 4.69) is 15.8 Å². The normalized spacial score (nSPS) is 20.1. The molecule has 2 N–H and O–H groups in total. The number of nitrogens with zero attached hydrogens (tertiary/aromatic N) is 2. The number of hydrogen-bond acceptors (Lipinski definition) is 6. The van der Waals surface area contributed by atoms with E-state index in [1.165, 1.54) is 11.8 Å². The molecule has 166 valence electrons. The zero-order valence-corrected chi connectivity index (χ0v) is 19.3. The lowest BCUT2D eigenvalue weighted by Crippen LogP contribution is -2.51. The fourth-order valence-electron chi connectivity index (χ4n) is 3.35. The maximum Gasteiger partial charge on any atom is 0.309 e. The van der Waals surface area contributed by atoms with Crippen molar-refractivity contribution in [1.82, 2.24) is 15.6 Å². The first kappa shape index (κ1) is 25.7. The number of rotatable bonds is 8. The first-order valence-corrected chi connectivity index (χ1v) is 10.8. The van der Waals surface area contributed by atoms with Crippen LogP contribution < -0.4 is 10.7 Å². The average Bonchev–Trinajstić information content (AvgIpc) is 3.10. The van der Waals surface area contributed by atoms with E-state index in [0.717, 1.165) is 44.4 Å². The van der Waals surface area contributed by atoms with Gasteiger partial charge in [-0.1, -0.05) is 31.0 Å². The molecule has 1 aliphatic heterocycles. The molecule has 0 spiro atoms. The van der Waals surface area contributed by atoms with E-state index in [4.69, 9.17) is 4.74 Å². The molecule has 1 heterocycles. The summed E-state index contributed by atoms with van der Waals surface area (Å²) in [7, 11) is 3.42. The number of methoxy groups -OCH3 is 1. The molecule has 0 aromatic heterocycles. The van der Waals surface area contributed by atoms with Gasteiger partial charge in [-0.2, -0.15) is 0 Å². The van der Waals surface area contributed by atoms with E-state index in [1.54, 1.807) is 7.11 Å². The van der Waals surface area contributed by atoms with Gasteiger partial charge in [0.15, 0.2) is 5.17 Å². The van der Waals surface area contributed by atoms with Gasteiger partial charge in [-0.05, 0) is 26.7 Å². The predicted octanol–water partition coefficient (Wildman–Crippen LogP) is 1.92. The maximum absolute atomic E-state index is 12.8. The molecule has 8 nitrogen and oxygen atoms in total. The molecular weight excluding hydrogens is 416 g/mol. The van der Waals surface area contributed by atoms with Crippen LogP contribution in [0.2, 0.25) is 0 Å². The third-order valence-electron chi connectivity index (χ3n) is 5.32. The van der Waals surface area contributed by atoms with E-state index in [-0.39, 0.29) is 30.7 Å². The Hall–Kier alpha value is -1.32. The fraction of sp³-hybridized carbons (Fsp3) is 0.789. The summed E-state index contributed by atoms with van der Waals surface area (Å²) >= 11 is 1.52. The number of hydrogen-bond donors (Lipinski definition) is 2. The van der Waals surface area contributed by atoms with E-state index in [9.17, 15) is 14.4 Å². The van der Waals surface area contributed by atoms with Crippen molar-refractivity contribution >= 4 is 46.9 Å². The Morgan fingerprint density at radius 1 is 1.28 bits per heavy atom. The average molecular weight is 449 g/mol. The first-order valence-electron chi connectivity index (χ1n) is 9.85. The molecule has 29 heavy (non-hydrogen) atoms. The number of ether oxygens (including phenoxy) is 1. The van der Waals surface area contributed by atoms with Crippen LogP contribution in [-0.2, 0) is 19.1 Å². The molecule has 0 aromatic carbocycles. The molecule has 1 aliphatic carbocycles. The molecule has 2 fully saturated rings. The first-order chi connectivity index (χ1) is 13.2. The van der Waals surface area contributed by atoms with E-state index < -0.39 is 23.3 Å². The zero-order chi connectivity index (χ0) is 20.7. The molecule has 0 radical (unpaired) electrons. The molecule has 1 atom stereocenters. The summed E-state index contributed by atoms with van der Waals surface area (Å²) in [5.41, 5.74) is 1.68. The van der Waals surface area contributed by atoms with Gasteiger partial charge >= 0.3 is 5.91 Å². The van der Waals surface area contributed by atoms with E-state index >= 15 is 0 Å². The third kappa shape index (κ3) is 7.79. The van der Waals surface area contributed by atoms with Crippen LogP contribution >= 0.6 is 24.2 Å². The van der Waals surface area contributed by atoms with Crippen molar-refractivity contribution in [3.05, 3.63) is 0 Å². The minimum absolute atomic E-state index is 0. The van der Waals surface area contributed by atoms with Gasteiger partial charge in [0, 0.05) is 38.8 Å².